The summed E-state index contributed by atoms with van der Waals surface area (Å²) in [6.45, 7) is 11.9. The summed E-state index contributed by atoms with van der Waals surface area (Å²) in [7, 11) is 1.68. The van der Waals surface area contributed by atoms with Gasteiger partial charge in [0, 0.05) is 46.3 Å². The molecule has 0 radical (unpaired) electrons. The Balaban J connectivity index is 0.00000784. The lowest BCUT2D eigenvalue weighted by molar-refractivity contribution is 0.0698. The van der Waals surface area contributed by atoms with Crippen molar-refractivity contribution in [1.82, 2.24) is 25.4 Å². The molecule has 1 aromatic heterocycles. The predicted octanol–water partition coefficient (Wildman–Crippen LogP) is 2.81. The first-order chi connectivity index (χ1) is 13.6. The number of rotatable bonds is 15. The fraction of sp³-hybridized carbons (Fsp3) is 0.842. The zero-order chi connectivity index (χ0) is 20.6. The number of thioether (sulfide) groups is 1. The number of hydrogen-bond acceptors (Lipinski definition) is 6. The van der Waals surface area contributed by atoms with Gasteiger partial charge in [0.2, 0.25) is 0 Å². The smallest absolute Gasteiger partial charge is 0.191 e. The standard InChI is InChI=1S/C19H38N6O2S.HI/c1-6-20-18(22-11-8-12-27-14-13-26-4)21-10-7-9-17-23-24-19(28-5)25(17)15-16(2)3;/h16H,6-15H2,1-5H3,(H2,20,21,22);1H. The molecule has 0 atom stereocenters. The predicted molar refractivity (Wildman–Crippen MR) is 132 cm³/mol. The van der Waals surface area contributed by atoms with Crippen molar-refractivity contribution in [2.24, 2.45) is 10.9 Å². The van der Waals surface area contributed by atoms with Crippen LogP contribution in [0, 0.1) is 5.92 Å². The molecule has 0 aliphatic carbocycles. The number of nitrogens with zero attached hydrogens (tertiary/aromatic N) is 4. The number of aromatic nitrogens is 3. The van der Waals surface area contributed by atoms with Gasteiger partial charge in [0.05, 0.1) is 13.2 Å². The topological polar surface area (TPSA) is 85.6 Å². The number of ether oxygens (including phenoxy) is 2. The van der Waals surface area contributed by atoms with Gasteiger partial charge in [0.15, 0.2) is 11.1 Å². The molecule has 2 N–H and O–H groups in total. The summed E-state index contributed by atoms with van der Waals surface area (Å²) in [5, 5.41) is 16.3. The molecule has 0 aliphatic heterocycles. The average Bonchev–Trinajstić information content (AvgIpc) is 3.05. The van der Waals surface area contributed by atoms with Gasteiger partial charge in [0.1, 0.15) is 5.82 Å². The highest BCUT2D eigenvalue weighted by Gasteiger charge is 2.12. The first-order valence-electron chi connectivity index (χ1n) is 10.2. The molecule has 0 amide bonds. The quantitative estimate of drug-likeness (QED) is 0.116. The lowest BCUT2D eigenvalue weighted by Gasteiger charge is -2.12. The molecule has 0 aliphatic rings. The lowest BCUT2D eigenvalue weighted by atomic mass is 10.2. The van der Waals surface area contributed by atoms with E-state index >= 15 is 0 Å². The van der Waals surface area contributed by atoms with E-state index in [-0.39, 0.29) is 24.0 Å². The summed E-state index contributed by atoms with van der Waals surface area (Å²) < 4.78 is 12.7. The van der Waals surface area contributed by atoms with Gasteiger partial charge in [-0.3, -0.25) is 4.99 Å². The minimum absolute atomic E-state index is 0. The fourth-order valence-electron chi connectivity index (χ4n) is 2.60. The van der Waals surface area contributed by atoms with Gasteiger partial charge in [-0.05, 0) is 31.9 Å². The van der Waals surface area contributed by atoms with Gasteiger partial charge in [-0.25, -0.2) is 0 Å². The van der Waals surface area contributed by atoms with Crippen molar-refractivity contribution in [3.8, 4) is 0 Å². The lowest BCUT2D eigenvalue weighted by Crippen LogP contribution is -2.38. The van der Waals surface area contributed by atoms with Gasteiger partial charge < -0.3 is 24.7 Å². The summed E-state index contributed by atoms with van der Waals surface area (Å²) in [5.74, 6) is 2.48. The van der Waals surface area contributed by atoms with E-state index in [2.05, 4.69) is 51.2 Å². The Morgan fingerprint density at radius 2 is 1.97 bits per heavy atom. The molecule has 10 heteroatoms. The summed E-state index contributed by atoms with van der Waals surface area (Å²) in [4.78, 5) is 4.66. The number of nitrogens with one attached hydrogen (secondary N) is 2. The molecule has 0 aromatic carbocycles. The molecule has 1 rings (SSSR count). The minimum Gasteiger partial charge on any atom is -0.382 e. The fourth-order valence-corrected chi connectivity index (χ4v) is 3.12. The van der Waals surface area contributed by atoms with Crippen molar-refractivity contribution in [2.45, 2.75) is 51.7 Å². The number of hydrogen-bond donors (Lipinski definition) is 2. The Kier molecular flexibility index (Phi) is 17.8. The number of aliphatic imine (C=N–C) groups is 1. The van der Waals surface area contributed by atoms with Crippen LogP contribution in [-0.4, -0.2) is 73.5 Å². The van der Waals surface area contributed by atoms with Gasteiger partial charge >= 0.3 is 0 Å². The number of halogens is 1. The van der Waals surface area contributed by atoms with Crippen molar-refractivity contribution in [2.75, 3.05) is 52.8 Å². The van der Waals surface area contributed by atoms with Crippen LogP contribution >= 0.6 is 35.7 Å². The van der Waals surface area contributed by atoms with Gasteiger partial charge in [-0.15, -0.1) is 34.2 Å². The zero-order valence-electron chi connectivity index (χ0n) is 18.6. The Labute approximate surface area is 197 Å². The van der Waals surface area contributed by atoms with Crippen molar-refractivity contribution < 1.29 is 9.47 Å². The molecule has 8 nitrogen and oxygen atoms in total. The van der Waals surface area contributed by atoms with Crippen molar-refractivity contribution in [3.05, 3.63) is 5.82 Å². The maximum absolute atomic E-state index is 5.47. The van der Waals surface area contributed by atoms with E-state index in [4.69, 9.17) is 9.47 Å². The third-order valence-electron chi connectivity index (χ3n) is 3.89. The summed E-state index contributed by atoms with van der Waals surface area (Å²) in [6.07, 6.45) is 4.81. The van der Waals surface area contributed by atoms with Gasteiger partial charge in [0.25, 0.3) is 0 Å². The molecule has 0 fully saturated rings. The van der Waals surface area contributed by atoms with E-state index in [9.17, 15) is 0 Å². The van der Waals surface area contributed by atoms with Gasteiger partial charge in [-0.1, -0.05) is 25.6 Å². The molecule has 0 spiro atoms. The Morgan fingerprint density at radius 1 is 1.17 bits per heavy atom. The molecule has 1 heterocycles. The van der Waals surface area contributed by atoms with E-state index in [1.54, 1.807) is 18.9 Å². The highest BCUT2D eigenvalue weighted by molar-refractivity contribution is 14.0. The van der Waals surface area contributed by atoms with Crippen molar-refractivity contribution >= 4 is 41.7 Å². The zero-order valence-corrected chi connectivity index (χ0v) is 21.7. The first kappa shape index (κ1) is 28.4. The van der Waals surface area contributed by atoms with E-state index in [0.29, 0.717) is 19.1 Å². The maximum Gasteiger partial charge on any atom is 0.191 e. The van der Waals surface area contributed by atoms with E-state index < -0.39 is 0 Å². The molecular weight excluding hydrogens is 503 g/mol. The molecule has 1 aromatic rings. The second-order valence-corrected chi connectivity index (χ2v) is 7.63. The Hall–Kier alpha value is -0.590. The molecule has 29 heavy (non-hydrogen) atoms. The third-order valence-corrected chi connectivity index (χ3v) is 4.55. The van der Waals surface area contributed by atoms with Crippen LogP contribution in [-0.2, 0) is 22.4 Å². The average molecular weight is 543 g/mol. The van der Waals surface area contributed by atoms with Crippen molar-refractivity contribution in [1.29, 1.82) is 0 Å². The molecule has 0 saturated carbocycles. The molecule has 0 bridgehead atoms. The Morgan fingerprint density at radius 3 is 2.62 bits per heavy atom. The van der Waals surface area contributed by atoms with E-state index in [0.717, 1.165) is 69.0 Å². The first-order valence-corrected chi connectivity index (χ1v) is 11.4. The van der Waals surface area contributed by atoms with Crippen LogP contribution in [0.5, 0.6) is 0 Å². The monoisotopic (exact) mass is 542 g/mol. The van der Waals surface area contributed by atoms with E-state index in [1.165, 1.54) is 0 Å². The SMILES string of the molecule is CCNC(=NCCCc1nnc(SC)n1CC(C)C)NCCCOCCOC.I. The van der Waals surface area contributed by atoms with Crippen LogP contribution in [0.4, 0.5) is 0 Å². The number of methoxy groups -OCH3 is 1. The highest BCUT2D eigenvalue weighted by Crippen LogP contribution is 2.16. The van der Waals surface area contributed by atoms with Crippen LogP contribution in [0.3, 0.4) is 0 Å². The maximum atomic E-state index is 5.47. The highest BCUT2D eigenvalue weighted by atomic mass is 127. The van der Waals surface area contributed by atoms with Crippen LogP contribution in [0.25, 0.3) is 0 Å². The second kappa shape index (κ2) is 18.2. The van der Waals surface area contributed by atoms with Crippen LogP contribution in [0.2, 0.25) is 0 Å². The molecule has 170 valence electrons. The van der Waals surface area contributed by atoms with E-state index in [1.807, 2.05) is 6.26 Å². The molecule has 0 saturated heterocycles. The minimum atomic E-state index is 0. The third kappa shape index (κ3) is 12.6. The van der Waals surface area contributed by atoms with Gasteiger partial charge in [-0.2, -0.15) is 0 Å². The van der Waals surface area contributed by atoms with Crippen LogP contribution in [0.1, 0.15) is 39.4 Å². The van der Waals surface area contributed by atoms with Crippen LogP contribution in [0.15, 0.2) is 10.1 Å². The normalized spacial score (nSPS) is 11.6. The summed E-state index contributed by atoms with van der Waals surface area (Å²) >= 11 is 1.65. The number of aryl methyl sites for hydroxylation is 1. The molecule has 0 unspecified atom stereocenters. The number of guanidine groups is 1. The molecular formula is C19H39IN6O2S. The Bertz CT molecular complexity index is 557. The van der Waals surface area contributed by atoms with Crippen molar-refractivity contribution in [3.63, 3.8) is 0 Å². The van der Waals surface area contributed by atoms with Crippen LogP contribution < -0.4 is 10.6 Å². The largest absolute Gasteiger partial charge is 0.382 e. The second-order valence-electron chi connectivity index (χ2n) is 6.86. The summed E-state index contributed by atoms with van der Waals surface area (Å²) in [6, 6.07) is 0. The summed E-state index contributed by atoms with van der Waals surface area (Å²) in [5.41, 5.74) is 0.